The standard InChI is InChI=1S/C17H20N2/c1-12(2)19-17(14-7-5-4-6-8-14)15-10-9-13(3)11-16(15)18/h4-12H,18H2,1-3H3. The summed E-state index contributed by atoms with van der Waals surface area (Å²) in [6.45, 7) is 6.20. The van der Waals surface area contributed by atoms with Crippen molar-refractivity contribution in [3.8, 4) is 0 Å². The average molecular weight is 252 g/mol. The molecule has 2 N–H and O–H groups in total. The maximum Gasteiger partial charge on any atom is 0.0742 e. The SMILES string of the molecule is Cc1ccc(C(=NC(C)C)c2ccccc2)c(N)c1. The van der Waals surface area contributed by atoms with Crippen LogP contribution in [0.1, 0.15) is 30.5 Å². The van der Waals surface area contributed by atoms with Crippen molar-refractivity contribution in [2.45, 2.75) is 26.8 Å². The Balaban J connectivity index is 2.56. The van der Waals surface area contributed by atoms with Crippen molar-refractivity contribution in [1.29, 1.82) is 0 Å². The first-order chi connectivity index (χ1) is 9.08. The number of hydrogen-bond acceptors (Lipinski definition) is 2. The summed E-state index contributed by atoms with van der Waals surface area (Å²) in [5.41, 5.74) is 11.2. The number of nitrogens with zero attached hydrogens (tertiary/aromatic N) is 1. The van der Waals surface area contributed by atoms with Gasteiger partial charge in [0.1, 0.15) is 0 Å². The van der Waals surface area contributed by atoms with E-state index in [1.165, 1.54) is 5.56 Å². The van der Waals surface area contributed by atoms with E-state index >= 15 is 0 Å². The second kappa shape index (κ2) is 5.70. The lowest BCUT2D eigenvalue weighted by atomic mass is 9.99. The Morgan fingerprint density at radius 3 is 2.32 bits per heavy atom. The third-order valence-electron chi connectivity index (χ3n) is 2.90. The summed E-state index contributed by atoms with van der Waals surface area (Å²) in [5.74, 6) is 0. The molecule has 0 heterocycles. The van der Waals surface area contributed by atoms with Crippen LogP contribution in [0.3, 0.4) is 0 Å². The Bertz CT molecular complexity index is 583. The van der Waals surface area contributed by atoms with E-state index < -0.39 is 0 Å². The average Bonchev–Trinajstić information content (AvgIpc) is 2.37. The monoisotopic (exact) mass is 252 g/mol. The minimum Gasteiger partial charge on any atom is -0.398 e. The third-order valence-corrected chi connectivity index (χ3v) is 2.90. The van der Waals surface area contributed by atoms with Crippen LogP contribution in [0, 0.1) is 6.92 Å². The molecule has 0 amide bonds. The number of nitrogen functional groups attached to an aromatic ring is 1. The molecule has 0 aliphatic rings. The summed E-state index contributed by atoms with van der Waals surface area (Å²) in [7, 11) is 0. The van der Waals surface area contributed by atoms with Gasteiger partial charge in [-0.05, 0) is 32.4 Å². The molecule has 0 aliphatic carbocycles. The maximum atomic E-state index is 6.15. The normalized spacial score (nSPS) is 11.9. The van der Waals surface area contributed by atoms with Crippen molar-refractivity contribution in [3.63, 3.8) is 0 Å². The molecule has 2 nitrogen and oxygen atoms in total. The molecule has 0 spiro atoms. The summed E-state index contributed by atoms with van der Waals surface area (Å²) in [4.78, 5) is 4.74. The molecule has 0 unspecified atom stereocenters. The molecule has 2 heteroatoms. The fraction of sp³-hybridized carbons (Fsp3) is 0.235. The number of benzene rings is 2. The third kappa shape index (κ3) is 3.22. The summed E-state index contributed by atoms with van der Waals surface area (Å²) >= 11 is 0. The Kier molecular flexibility index (Phi) is 4.00. The van der Waals surface area contributed by atoms with Gasteiger partial charge in [0, 0.05) is 22.9 Å². The van der Waals surface area contributed by atoms with Crippen molar-refractivity contribution < 1.29 is 0 Å². The largest absolute Gasteiger partial charge is 0.398 e. The Morgan fingerprint density at radius 1 is 1.05 bits per heavy atom. The van der Waals surface area contributed by atoms with Gasteiger partial charge in [-0.2, -0.15) is 0 Å². The highest BCUT2D eigenvalue weighted by Crippen LogP contribution is 2.19. The maximum absolute atomic E-state index is 6.15. The second-order valence-electron chi connectivity index (χ2n) is 5.03. The minimum atomic E-state index is 0.232. The smallest absolute Gasteiger partial charge is 0.0742 e. The predicted octanol–water partition coefficient (Wildman–Crippen LogP) is 3.82. The van der Waals surface area contributed by atoms with Crippen molar-refractivity contribution in [2.24, 2.45) is 4.99 Å². The predicted molar refractivity (Wildman–Crippen MR) is 82.8 cm³/mol. The van der Waals surface area contributed by atoms with E-state index in [9.17, 15) is 0 Å². The Hall–Kier alpha value is -2.09. The van der Waals surface area contributed by atoms with Gasteiger partial charge < -0.3 is 5.73 Å². The first-order valence-corrected chi connectivity index (χ1v) is 6.57. The molecule has 2 aromatic rings. The summed E-state index contributed by atoms with van der Waals surface area (Å²) < 4.78 is 0. The fourth-order valence-corrected chi connectivity index (χ4v) is 2.05. The van der Waals surface area contributed by atoms with Gasteiger partial charge in [0.05, 0.1) is 5.71 Å². The zero-order valence-electron chi connectivity index (χ0n) is 11.7. The molecule has 0 aliphatic heterocycles. The zero-order valence-corrected chi connectivity index (χ0v) is 11.7. The molecule has 0 fully saturated rings. The highest BCUT2D eigenvalue weighted by atomic mass is 14.8. The van der Waals surface area contributed by atoms with Crippen LogP contribution in [0.2, 0.25) is 0 Å². The van der Waals surface area contributed by atoms with Gasteiger partial charge in [-0.3, -0.25) is 4.99 Å². The van der Waals surface area contributed by atoms with Crippen LogP contribution >= 0.6 is 0 Å². The van der Waals surface area contributed by atoms with E-state index in [1.807, 2.05) is 31.2 Å². The number of aliphatic imine (C=N–C) groups is 1. The van der Waals surface area contributed by atoms with Gasteiger partial charge in [-0.15, -0.1) is 0 Å². The fourth-order valence-electron chi connectivity index (χ4n) is 2.05. The molecule has 0 radical (unpaired) electrons. The number of nitrogens with two attached hydrogens (primary N) is 1. The van der Waals surface area contributed by atoms with Gasteiger partial charge >= 0.3 is 0 Å². The molecule has 19 heavy (non-hydrogen) atoms. The number of hydrogen-bond donors (Lipinski definition) is 1. The van der Waals surface area contributed by atoms with Gasteiger partial charge in [0.2, 0.25) is 0 Å². The van der Waals surface area contributed by atoms with Crippen LogP contribution in [-0.4, -0.2) is 11.8 Å². The zero-order chi connectivity index (χ0) is 13.8. The van der Waals surface area contributed by atoms with E-state index in [4.69, 9.17) is 10.7 Å². The van der Waals surface area contributed by atoms with E-state index in [2.05, 4.69) is 38.1 Å². The van der Waals surface area contributed by atoms with Crippen molar-refractivity contribution in [3.05, 3.63) is 65.2 Å². The van der Waals surface area contributed by atoms with Crippen LogP contribution in [0.5, 0.6) is 0 Å². The topological polar surface area (TPSA) is 38.4 Å². The molecule has 0 saturated carbocycles. The molecular weight excluding hydrogens is 232 g/mol. The highest BCUT2D eigenvalue weighted by molar-refractivity contribution is 6.15. The van der Waals surface area contributed by atoms with Crippen LogP contribution in [0.4, 0.5) is 5.69 Å². The van der Waals surface area contributed by atoms with Gasteiger partial charge in [-0.25, -0.2) is 0 Å². The van der Waals surface area contributed by atoms with Crippen molar-refractivity contribution in [2.75, 3.05) is 5.73 Å². The van der Waals surface area contributed by atoms with Crippen LogP contribution in [0.25, 0.3) is 0 Å². The number of aryl methyl sites for hydroxylation is 1. The lowest BCUT2D eigenvalue weighted by Gasteiger charge is -2.12. The van der Waals surface area contributed by atoms with Gasteiger partial charge in [-0.1, -0.05) is 42.5 Å². The van der Waals surface area contributed by atoms with Crippen LogP contribution < -0.4 is 5.73 Å². The quantitative estimate of drug-likeness (QED) is 0.654. The Labute approximate surface area is 115 Å². The van der Waals surface area contributed by atoms with E-state index in [-0.39, 0.29) is 6.04 Å². The molecule has 2 aromatic carbocycles. The minimum absolute atomic E-state index is 0.232. The molecule has 0 saturated heterocycles. The number of rotatable bonds is 3. The van der Waals surface area contributed by atoms with Crippen LogP contribution in [-0.2, 0) is 0 Å². The van der Waals surface area contributed by atoms with E-state index in [1.54, 1.807) is 0 Å². The molecule has 98 valence electrons. The van der Waals surface area contributed by atoms with Gasteiger partial charge in [0.25, 0.3) is 0 Å². The molecule has 0 aromatic heterocycles. The molecule has 2 rings (SSSR count). The molecule has 0 atom stereocenters. The summed E-state index contributed by atoms with van der Waals surface area (Å²) in [6, 6.07) is 16.6. The lowest BCUT2D eigenvalue weighted by molar-refractivity contribution is 0.837. The summed E-state index contributed by atoms with van der Waals surface area (Å²) in [5, 5.41) is 0. The number of anilines is 1. The van der Waals surface area contributed by atoms with Crippen molar-refractivity contribution in [1.82, 2.24) is 0 Å². The molecule has 0 bridgehead atoms. The van der Waals surface area contributed by atoms with E-state index in [0.717, 1.165) is 22.5 Å². The van der Waals surface area contributed by atoms with Crippen molar-refractivity contribution >= 4 is 11.4 Å². The highest BCUT2D eigenvalue weighted by Gasteiger charge is 2.10. The van der Waals surface area contributed by atoms with E-state index in [0.29, 0.717) is 0 Å². The lowest BCUT2D eigenvalue weighted by Crippen LogP contribution is -2.10. The van der Waals surface area contributed by atoms with Crippen LogP contribution in [0.15, 0.2) is 53.5 Å². The second-order valence-corrected chi connectivity index (χ2v) is 5.03. The first kappa shape index (κ1) is 13.3. The summed E-state index contributed by atoms with van der Waals surface area (Å²) in [6.07, 6.45) is 0. The van der Waals surface area contributed by atoms with Gasteiger partial charge in [0.15, 0.2) is 0 Å². The Morgan fingerprint density at radius 2 is 1.74 bits per heavy atom. The first-order valence-electron chi connectivity index (χ1n) is 6.57. The molecular formula is C17H20N2.